The van der Waals surface area contributed by atoms with Crippen LogP contribution in [0.5, 0.6) is 0 Å². The molecule has 0 aliphatic carbocycles. The van der Waals surface area contributed by atoms with Crippen LogP contribution < -0.4 is 0 Å². The Morgan fingerprint density at radius 2 is 1.17 bits per heavy atom. The summed E-state index contributed by atoms with van der Waals surface area (Å²) in [6.45, 7) is 0. The molecule has 0 amide bonds. The maximum Gasteiger partial charge on any atom is 0.503 e. The molecule has 0 atom stereocenters. The van der Waals surface area contributed by atoms with E-state index in [1.165, 1.54) is 0 Å². The second kappa shape index (κ2) is 5.33. The van der Waals surface area contributed by atoms with Gasteiger partial charge in [0.25, 0.3) is 19.7 Å². The molecule has 0 saturated carbocycles. The fourth-order valence-electron chi connectivity index (χ4n) is 1.12. The molecule has 0 bridgehead atoms. The van der Waals surface area contributed by atoms with Crippen molar-refractivity contribution in [3.8, 4) is 0 Å². The smallest absolute Gasteiger partial charge is 0.478 e. The third-order valence-electron chi connectivity index (χ3n) is 2.19. The molecule has 15 heteroatoms. The van der Waals surface area contributed by atoms with Crippen LogP contribution in [0.1, 0.15) is 10.4 Å². The maximum atomic E-state index is 12.4. The van der Waals surface area contributed by atoms with Crippen LogP contribution in [0.15, 0.2) is 22.2 Å². The highest BCUT2D eigenvalue weighted by molar-refractivity contribution is 7.92. The van der Waals surface area contributed by atoms with Crippen LogP contribution in [-0.2, 0) is 19.7 Å². The number of aromatic nitrogens is 1. The molecule has 1 rings (SSSR count). The van der Waals surface area contributed by atoms with Crippen molar-refractivity contribution in [3.63, 3.8) is 0 Å². The summed E-state index contributed by atoms with van der Waals surface area (Å²) >= 11 is 0. The van der Waals surface area contributed by atoms with Gasteiger partial charge in [0.05, 0.1) is 5.56 Å². The molecule has 0 spiro atoms. The van der Waals surface area contributed by atoms with Gasteiger partial charge in [0.1, 0.15) is 0 Å². The van der Waals surface area contributed by atoms with E-state index in [9.17, 15) is 48.0 Å². The lowest BCUT2D eigenvalue weighted by Crippen LogP contribution is -2.28. The summed E-state index contributed by atoms with van der Waals surface area (Å²) < 4.78 is 119. The first-order chi connectivity index (χ1) is 10.0. The van der Waals surface area contributed by atoms with Gasteiger partial charge in [0, 0.05) is 0 Å². The topological polar surface area (TPSA) is 118 Å². The molecule has 0 aliphatic heterocycles. The molecule has 1 aromatic heterocycles. The fourth-order valence-corrected chi connectivity index (χ4v) is 2.65. The van der Waals surface area contributed by atoms with Crippen LogP contribution in [-0.4, -0.2) is 43.9 Å². The molecule has 0 saturated heterocycles. The van der Waals surface area contributed by atoms with Crippen molar-refractivity contribution in [1.29, 1.82) is 0 Å². The van der Waals surface area contributed by atoms with Gasteiger partial charge >= 0.3 is 17.0 Å². The minimum Gasteiger partial charge on any atom is -0.478 e. The summed E-state index contributed by atoms with van der Waals surface area (Å²) in [5.74, 6) is -2.16. The largest absolute Gasteiger partial charge is 0.503 e. The van der Waals surface area contributed by atoms with Crippen LogP contribution in [0.25, 0.3) is 0 Å². The Labute approximate surface area is 123 Å². The molecule has 0 aliphatic rings. The molecule has 7 nitrogen and oxygen atoms in total. The third-order valence-corrected chi connectivity index (χ3v) is 4.92. The van der Waals surface area contributed by atoms with Crippen molar-refractivity contribution in [2.45, 2.75) is 21.1 Å². The third kappa shape index (κ3) is 3.39. The predicted molar refractivity (Wildman–Crippen MR) is 57.7 cm³/mol. The number of halogens is 6. The maximum absolute atomic E-state index is 12.4. The highest BCUT2D eigenvalue weighted by atomic mass is 32.2. The number of hydrogen-bond acceptors (Lipinski definition) is 6. The molecule has 130 valence electrons. The van der Waals surface area contributed by atoms with Gasteiger partial charge in [-0.05, 0) is 12.1 Å². The van der Waals surface area contributed by atoms with Gasteiger partial charge in [0.15, 0.2) is 10.1 Å². The van der Waals surface area contributed by atoms with Gasteiger partial charge in [-0.3, -0.25) is 0 Å². The second-order valence-electron chi connectivity index (χ2n) is 3.74. The fraction of sp³-hybridized carbons (Fsp3) is 0.250. The molecule has 0 radical (unpaired) electrons. The standard InChI is InChI=1S/C8H3F6NO6S2/c9-7(10,11)22(18,19)4-1-3(6(16)17)2-5(15-4)23(20,21)8(12,13)14/h1-2H,(H,16,17). The summed E-state index contributed by atoms with van der Waals surface area (Å²) in [6.07, 6.45) is 0. The first kappa shape index (κ1) is 19.1. The number of nitrogens with zero attached hydrogens (tertiary/aromatic N) is 1. The number of pyridine rings is 1. The highest BCUT2D eigenvalue weighted by Gasteiger charge is 2.51. The lowest BCUT2D eigenvalue weighted by atomic mass is 10.3. The summed E-state index contributed by atoms with van der Waals surface area (Å²) in [4.78, 5) is 13.0. The highest BCUT2D eigenvalue weighted by Crippen LogP contribution is 2.33. The van der Waals surface area contributed by atoms with E-state index in [0.717, 1.165) is 0 Å². The Hall–Kier alpha value is -1.90. The lowest BCUT2D eigenvalue weighted by Gasteiger charge is -2.11. The molecular formula is C8H3F6NO6S2. The van der Waals surface area contributed by atoms with Crippen LogP contribution in [0.2, 0.25) is 0 Å². The Morgan fingerprint density at radius 1 is 0.870 bits per heavy atom. The van der Waals surface area contributed by atoms with Crippen molar-refractivity contribution in [2.24, 2.45) is 0 Å². The van der Waals surface area contributed by atoms with Crippen molar-refractivity contribution in [3.05, 3.63) is 17.7 Å². The average molecular weight is 387 g/mol. The summed E-state index contributed by atoms with van der Waals surface area (Å²) in [6, 6.07) is -0.416. The number of carboxylic acids is 1. The van der Waals surface area contributed by atoms with E-state index < -0.39 is 52.3 Å². The Bertz CT molecular complexity index is 792. The first-order valence-electron chi connectivity index (χ1n) is 4.90. The van der Waals surface area contributed by atoms with E-state index >= 15 is 0 Å². The van der Waals surface area contributed by atoms with E-state index in [4.69, 9.17) is 5.11 Å². The van der Waals surface area contributed by atoms with Gasteiger partial charge < -0.3 is 5.11 Å². The number of carboxylic acid groups (broad SMARTS) is 1. The second-order valence-corrected chi connectivity index (χ2v) is 7.51. The summed E-state index contributed by atoms with van der Waals surface area (Å²) in [5.41, 5.74) is -13.5. The average Bonchev–Trinajstić information content (AvgIpc) is 2.35. The molecule has 1 N–H and O–H groups in total. The predicted octanol–water partition coefficient (Wildman–Crippen LogP) is 1.37. The number of hydrogen-bond donors (Lipinski definition) is 1. The zero-order valence-electron chi connectivity index (χ0n) is 10.2. The Morgan fingerprint density at radius 3 is 1.39 bits per heavy atom. The van der Waals surface area contributed by atoms with Gasteiger partial charge in [-0.2, -0.15) is 26.3 Å². The van der Waals surface area contributed by atoms with Gasteiger partial charge in [-0.15, -0.1) is 0 Å². The normalized spacial score (nSPS) is 13.8. The van der Waals surface area contributed by atoms with E-state index in [2.05, 4.69) is 4.98 Å². The van der Waals surface area contributed by atoms with Crippen LogP contribution in [0.4, 0.5) is 26.3 Å². The molecule has 0 aromatic carbocycles. The summed E-state index contributed by atoms with van der Waals surface area (Å²) in [7, 11) is -12.7. The lowest BCUT2D eigenvalue weighted by molar-refractivity contribution is -0.0438. The molecule has 1 heterocycles. The monoisotopic (exact) mass is 387 g/mol. The van der Waals surface area contributed by atoms with Crippen LogP contribution in [0.3, 0.4) is 0 Å². The van der Waals surface area contributed by atoms with Gasteiger partial charge in [-0.25, -0.2) is 26.6 Å². The molecule has 1 aromatic rings. The van der Waals surface area contributed by atoms with E-state index in [0.29, 0.717) is 0 Å². The van der Waals surface area contributed by atoms with Crippen molar-refractivity contribution in [2.75, 3.05) is 0 Å². The van der Waals surface area contributed by atoms with Crippen molar-refractivity contribution >= 4 is 25.6 Å². The van der Waals surface area contributed by atoms with Crippen LogP contribution >= 0.6 is 0 Å². The van der Waals surface area contributed by atoms with Crippen LogP contribution in [0, 0.1) is 0 Å². The van der Waals surface area contributed by atoms with Gasteiger partial charge in [0.2, 0.25) is 0 Å². The minimum atomic E-state index is -6.37. The van der Waals surface area contributed by atoms with E-state index in [1.807, 2.05) is 0 Å². The zero-order chi connectivity index (χ0) is 18.4. The van der Waals surface area contributed by atoms with Crippen molar-refractivity contribution in [1.82, 2.24) is 4.98 Å². The Balaban J connectivity index is 3.84. The van der Waals surface area contributed by atoms with E-state index in [1.54, 1.807) is 0 Å². The minimum absolute atomic E-state index is 0.208. The molecule has 23 heavy (non-hydrogen) atoms. The first-order valence-corrected chi connectivity index (χ1v) is 7.86. The van der Waals surface area contributed by atoms with E-state index in [-0.39, 0.29) is 12.1 Å². The zero-order valence-corrected chi connectivity index (χ0v) is 11.8. The molecule has 0 fully saturated rings. The number of aromatic carboxylic acids is 1. The van der Waals surface area contributed by atoms with Crippen molar-refractivity contribution < 1.29 is 53.1 Å². The number of alkyl halides is 6. The molecular weight excluding hydrogens is 384 g/mol. The number of sulfone groups is 2. The molecule has 0 unspecified atom stereocenters. The Kier molecular flexibility index (Phi) is 4.44. The number of carbonyl (C=O) groups is 1. The van der Waals surface area contributed by atoms with Gasteiger partial charge in [-0.1, -0.05) is 0 Å². The number of rotatable bonds is 3. The SMILES string of the molecule is O=C(O)c1cc(S(=O)(=O)C(F)(F)F)nc(S(=O)(=O)C(F)(F)F)c1. The quantitative estimate of drug-likeness (QED) is 0.778. The summed E-state index contributed by atoms with van der Waals surface area (Å²) in [5, 5.41) is 4.22.